The van der Waals surface area contributed by atoms with Gasteiger partial charge in [-0.3, -0.25) is 5.21 Å². The number of hydrogen-bond donors (Lipinski definition) is 2. The molecule has 1 unspecified atom stereocenters. The number of primary amides is 1. The van der Waals surface area contributed by atoms with Crippen LogP contribution in [0.3, 0.4) is 0 Å². The number of carbonyl (C=O) groups is 1. The average molecular weight is 353 g/mol. The van der Waals surface area contributed by atoms with Gasteiger partial charge in [0.1, 0.15) is 25.0 Å². The third kappa shape index (κ3) is 4.18. The molecule has 0 spiro atoms. The van der Waals surface area contributed by atoms with Crippen LogP contribution in [0.2, 0.25) is 0 Å². The molecule has 2 aromatic carbocycles. The normalized spacial score (nSPS) is 15.5. The van der Waals surface area contributed by atoms with Gasteiger partial charge in [-0.25, -0.2) is 14.2 Å². The van der Waals surface area contributed by atoms with Crippen LogP contribution in [0.5, 0.6) is 0 Å². The van der Waals surface area contributed by atoms with Gasteiger partial charge in [0.2, 0.25) is 5.90 Å². The summed E-state index contributed by atoms with van der Waals surface area (Å²) in [6.07, 6.45) is 0. The average Bonchev–Trinajstić information content (AvgIpc) is 3.12. The molecule has 2 amide bonds. The van der Waals surface area contributed by atoms with Gasteiger partial charge >= 0.3 is 6.03 Å². The SMILES string of the molecule is NC(=O)N(O)CC#Cc1cccc(C2=NC(c3ccc(F)cc3)CO2)c1. The summed E-state index contributed by atoms with van der Waals surface area (Å²) in [7, 11) is 0. The molecule has 1 heterocycles. The molecule has 2 aromatic rings. The molecule has 26 heavy (non-hydrogen) atoms. The Balaban J connectivity index is 1.74. The first-order chi connectivity index (χ1) is 12.5. The standard InChI is InChI=1S/C19H16FN3O3/c20-16-8-6-14(7-9-16)17-12-26-18(22-17)15-5-1-3-13(11-15)4-2-10-23(25)19(21)24/h1,3,5-9,11,17,25H,10,12H2,(H2,21,24). The predicted molar refractivity (Wildman–Crippen MR) is 93.0 cm³/mol. The lowest BCUT2D eigenvalue weighted by Crippen LogP contribution is -2.32. The van der Waals surface area contributed by atoms with Crippen molar-refractivity contribution in [2.75, 3.05) is 13.2 Å². The number of hydrogen-bond acceptors (Lipinski definition) is 4. The maximum atomic E-state index is 13.0. The lowest BCUT2D eigenvalue weighted by Gasteiger charge is -2.05. The summed E-state index contributed by atoms with van der Waals surface area (Å²) in [6, 6.07) is 12.3. The van der Waals surface area contributed by atoms with Crippen molar-refractivity contribution in [3.05, 3.63) is 71.0 Å². The summed E-state index contributed by atoms with van der Waals surface area (Å²) >= 11 is 0. The zero-order valence-corrected chi connectivity index (χ0v) is 13.7. The first-order valence-electron chi connectivity index (χ1n) is 7.84. The molecule has 0 saturated carbocycles. The molecule has 0 aromatic heterocycles. The van der Waals surface area contributed by atoms with Gasteiger partial charge < -0.3 is 10.5 Å². The minimum absolute atomic E-state index is 0.182. The lowest BCUT2D eigenvalue weighted by atomic mass is 10.1. The van der Waals surface area contributed by atoms with E-state index in [4.69, 9.17) is 10.5 Å². The van der Waals surface area contributed by atoms with Gasteiger partial charge in [-0.1, -0.05) is 30.0 Å². The summed E-state index contributed by atoms with van der Waals surface area (Å²) in [5.74, 6) is 5.68. The molecule has 0 aliphatic carbocycles. The summed E-state index contributed by atoms with van der Waals surface area (Å²) < 4.78 is 18.7. The number of nitrogens with two attached hydrogens (primary N) is 1. The molecule has 0 fully saturated rings. The fourth-order valence-electron chi connectivity index (χ4n) is 2.41. The van der Waals surface area contributed by atoms with Crippen LogP contribution in [-0.2, 0) is 4.74 Å². The third-order valence-electron chi connectivity index (χ3n) is 3.73. The van der Waals surface area contributed by atoms with E-state index in [-0.39, 0.29) is 18.4 Å². The first-order valence-corrected chi connectivity index (χ1v) is 7.84. The van der Waals surface area contributed by atoms with Gasteiger partial charge in [0.15, 0.2) is 0 Å². The van der Waals surface area contributed by atoms with E-state index < -0.39 is 6.03 Å². The van der Waals surface area contributed by atoms with Gasteiger partial charge in [-0.05, 0) is 35.9 Å². The molecule has 1 aliphatic rings. The van der Waals surface area contributed by atoms with E-state index in [9.17, 15) is 14.4 Å². The van der Waals surface area contributed by atoms with Gasteiger partial charge in [0.05, 0.1) is 0 Å². The highest BCUT2D eigenvalue weighted by molar-refractivity contribution is 5.95. The Labute approximate surface area is 149 Å². The highest BCUT2D eigenvalue weighted by Gasteiger charge is 2.21. The molecule has 3 N–H and O–H groups in total. The number of rotatable bonds is 3. The van der Waals surface area contributed by atoms with Crippen LogP contribution in [0.1, 0.15) is 22.7 Å². The Morgan fingerprint density at radius 2 is 2.12 bits per heavy atom. The van der Waals surface area contributed by atoms with Gasteiger partial charge in [0, 0.05) is 11.1 Å². The molecule has 132 valence electrons. The summed E-state index contributed by atoms with van der Waals surface area (Å²) in [6.45, 7) is 0.193. The number of aliphatic imine (C=N–C) groups is 1. The van der Waals surface area contributed by atoms with Crippen LogP contribution >= 0.6 is 0 Å². The monoisotopic (exact) mass is 353 g/mol. The van der Waals surface area contributed by atoms with E-state index in [1.807, 2.05) is 6.07 Å². The lowest BCUT2D eigenvalue weighted by molar-refractivity contribution is -0.0269. The van der Waals surface area contributed by atoms with E-state index in [0.717, 1.165) is 11.1 Å². The Hall–Kier alpha value is -3.37. The van der Waals surface area contributed by atoms with E-state index >= 15 is 0 Å². The van der Waals surface area contributed by atoms with Gasteiger partial charge in [0.25, 0.3) is 0 Å². The van der Waals surface area contributed by atoms with Crippen molar-refractivity contribution in [1.29, 1.82) is 0 Å². The molecule has 7 heteroatoms. The van der Waals surface area contributed by atoms with Crippen molar-refractivity contribution in [1.82, 2.24) is 5.06 Å². The second kappa shape index (κ2) is 7.68. The molecule has 6 nitrogen and oxygen atoms in total. The maximum Gasteiger partial charge on any atom is 0.339 e. The quantitative estimate of drug-likeness (QED) is 0.505. The minimum atomic E-state index is -0.964. The topological polar surface area (TPSA) is 88.2 Å². The smallest absolute Gasteiger partial charge is 0.339 e. The van der Waals surface area contributed by atoms with Crippen molar-refractivity contribution in [2.45, 2.75) is 6.04 Å². The van der Waals surface area contributed by atoms with E-state index in [2.05, 4.69) is 16.8 Å². The van der Waals surface area contributed by atoms with Crippen LogP contribution in [-0.4, -0.2) is 35.4 Å². The van der Waals surface area contributed by atoms with Crippen LogP contribution in [0, 0.1) is 17.7 Å². The Morgan fingerprint density at radius 1 is 1.35 bits per heavy atom. The molecule has 0 bridgehead atoms. The fourth-order valence-corrected chi connectivity index (χ4v) is 2.41. The molecule has 3 rings (SSSR count). The number of carbonyl (C=O) groups excluding carboxylic acids is 1. The van der Waals surface area contributed by atoms with Crippen LogP contribution in [0.25, 0.3) is 0 Å². The zero-order valence-electron chi connectivity index (χ0n) is 13.7. The van der Waals surface area contributed by atoms with Crippen molar-refractivity contribution in [2.24, 2.45) is 10.7 Å². The number of benzene rings is 2. The Kier molecular flexibility index (Phi) is 5.15. The zero-order chi connectivity index (χ0) is 18.5. The van der Waals surface area contributed by atoms with Gasteiger partial charge in [-0.15, -0.1) is 0 Å². The number of urea groups is 1. The first kappa shape index (κ1) is 17.5. The van der Waals surface area contributed by atoms with Crippen LogP contribution < -0.4 is 5.73 Å². The van der Waals surface area contributed by atoms with E-state index in [0.29, 0.717) is 23.1 Å². The highest BCUT2D eigenvalue weighted by Crippen LogP contribution is 2.25. The molecule has 0 saturated heterocycles. The number of hydroxylamine groups is 2. The predicted octanol–water partition coefficient (Wildman–Crippen LogP) is 2.47. The van der Waals surface area contributed by atoms with E-state index in [1.54, 1.807) is 30.3 Å². The molecule has 1 atom stereocenters. The maximum absolute atomic E-state index is 13.0. The highest BCUT2D eigenvalue weighted by atomic mass is 19.1. The third-order valence-corrected chi connectivity index (χ3v) is 3.73. The van der Waals surface area contributed by atoms with Gasteiger partial charge in [-0.2, -0.15) is 5.06 Å². The summed E-state index contributed by atoms with van der Waals surface area (Å²) in [5, 5.41) is 9.51. The molecular weight excluding hydrogens is 337 g/mol. The number of nitrogens with zero attached hydrogens (tertiary/aromatic N) is 2. The number of halogens is 1. The van der Waals surface area contributed by atoms with Crippen molar-refractivity contribution >= 4 is 11.9 Å². The second-order valence-corrected chi connectivity index (χ2v) is 5.59. The summed E-state index contributed by atoms with van der Waals surface area (Å²) in [5.41, 5.74) is 7.23. The van der Waals surface area contributed by atoms with Crippen LogP contribution in [0.15, 0.2) is 53.5 Å². The largest absolute Gasteiger partial charge is 0.475 e. The molecule has 1 aliphatic heterocycles. The summed E-state index contributed by atoms with van der Waals surface area (Å²) in [4.78, 5) is 15.3. The molecular formula is C19H16FN3O3. The minimum Gasteiger partial charge on any atom is -0.475 e. The number of ether oxygens (including phenoxy) is 1. The second-order valence-electron chi connectivity index (χ2n) is 5.59. The van der Waals surface area contributed by atoms with Crippen molar-refractivity contribution in [3.8, 4) is 11.8 Å². The Morgan fingerprint density at radius 3 is 2.85 bits per heavy atom. The Bertz CT molecular complexity index is 900. The van der Waals surface area contributed by atoms with Crippen LogP contribution in [0.4, 0.5) is 9.18 Å². The van der Waals surface area contributed by atoms with Crippen molar-refractivity contribution < 1.29 is 19.1 Å². The number of amides is 2. The molecule has 0 radical (unpaired) electrons. The van der Waals surface area contributed by atoms with Crippen molar-refractivity contribution in [3.63, 3.8) is 0 Å². The fraction of sp³-hybridized carbons (Fsp3) is 0.158. The van der Waals surface area contributed by atoms with E-state index in [1.165, 1.54) is 12.1 Å².